The number of carbonyl (C=O) groups excluding carboxylic acids is 2. The standard InChI is InChI=1S/C17H16N2O2/c1-2-5-15(17(18)21)19-16(20)11-12-8-9-13-6-3-4-7-14(13)10-12/h1,3-4,6-10,15H,5,11H2,(H2,18,21)(H,19,20)/t15-/m1/s1. The van der Waals surface area contributed by atoms with E-state index in [1.165, 1.54) is 0 Å². The summed E-state index contributed by atoms with van der Waals surface area (Å²) in [5.41, 5.74) is 6.06. The Hall–Kier alpha value is -2.80. The molecule has 0 aliphatic rings. The molecule has 0 aliphatic heterocycles. The number of rotatable bonds is 5. The topological polar surface area (TPSA) is 72.2 Å². The molecule has 0 bridgehead atoms. The van der Waals surface area contributed by atoms with Crippen LogP contribution in [0.5, 0.6) is 0 Å². The van der Waals surface area contributed by atoms with E-state index in [2.05, 4.69) is 11.2 Å². The molecule has 4 heteroatoms. The largest absolute Gasteiger partial charge is 0.368 e. The van der Waals surface area contributed by atoms with E-state index in [9.17, 15) is 9.59 Å². The fourth-order valence-electron chi connectivity index (χ4n) is 2.12. The molecular weight excluding hydrogens is 264 g/mol. The third-order valence-electron chi connectivity index (χ3n) is 3.18. The molecule has 3 N–H and O–H groups in total. The highest BCUT2D eigenvalue weighted by Crippen LogP contribution is 2.15. The van der Waals surface area contributed by atoms with E-state index in [0.717, 1.165) is 16.3 Å². The van der Waals surface area contributed by atoms with E-state index < -0.39 is 11.9 Å². The predicted molar refractivity (Wildman–Crippen MR) is 82.2 cm³/mol. The first-order chi connectivity index (χ1) is 10.1. The summed E-state index contributed by atoms with van der Waals surface area (Å²) in [4.78, 5) is 23.1. The van der Waals surface area contributed by atoms with Gasteiger partial charge in [-0.3, -0.25) is 9.59 Å². The van der Waals surface area contributed by atoms with Gasteiger partial charge in [-0.15, -0.1) is 12.3 Å². The van der Waals surface area contributed by atoms with E-state index in [1.54, 1.807) is 0 Å². The molecule has 1 atom stereocenters. The predicted octanol–water partition coefficient (Wildman–Crippen LogP) is 1.38. The summed E-state index contributed by atoms with van der Waals surface area (Å²) in [6.45, 7) is 0. The summed E-state index contributed by atoms with van der Waals surface area (Å²) in [6.07, 6.45) is 5.42. The van der Waals surface area contributed by atoms with Crippen LogP contribution < -0.4 is 11.1 Å². The lowest BCUT2D eigenvalue weighted by molar-refractivity contribution is -0.126. The number of carbonyl (C=O) groups is 2. The van der Waals surface area contributed by atoms with Gasteiger partial charge in [-0.25, -0.2) is 0 Å². The second-order valence-electron chi connectivity index (χ2n) is 4.79. The lowest BCUT2D eigenvalue weighted by Gasteiger charge is -2.12. The van der Waals surface area contributed by atoms with Crippen molar-refractivity contribution in [3.05, 3.63) is 48.0 Å². The number of terminal acetylenes is 1. The Balaban J connectivity index is 2.07. The average Bonchev–Trinajstić information content (AvgIpc) is 2.46. The average molecular weight is 280 g/mol. The van der Waals surface area contributed by atoms with Gasteiger partial charge in [0.25, 0.3) is 0 Å². The maximum absolute atomic E-state index is 12.0. The summed E-state index contributed by atoms with van der Waals surface area (Å²) in [5, 5.41) is 4.74. The van der Waals surface area contributed by atoms with E-state index in [-0.39, 0.29) is 18.7 Å². The minimum absolute atomic E-state index is 0.0960. The first kappa shape index (κ1) is 14.6. The molecule has 2 amide bonds. The Morgan fingerprint density at radius 2 is 1.90 bits per heavy atom. The summed E-state index contributed by atoms with van der Waals surface area (Å²) in [6, 6.07) is 12.9. The molecule has 2 aromatic carbocycles. The third-order valence-corrected chi connectivity index (χ3v) is 3.18. The summed E-state index contributed by atoms with van der Waals surface area (Å²) in [5.74, 6) is 1.43. The van der Waals surface area contributed by atoms with Crippen molar-refractivity contribution in [2.45, 2.75) is 18.9 Å². The Bertz CT molecular complexity index is 716. The van der Waals surface area contributed by atoms with Crippen LogP contribution in [-0.2, 0) is 16.0 Å². The van der Waals surface area contributed by atoms with Crippen LogP contribution >= 0.6 is 0 Å². The molecule has 4 nitrogen and oxygen atoms in total. The summed E-state index contributed by atoms with van der Waals surface area (Å²) >= 11 is 0. The van der Waals surface area contributed by atoms with Crippen LogP contribution in [0.1, 0.15) is 12.0 Å². The molecule has 0 aromatic heterocycles. The molecule has 2 rings (SSSR count). The number of benzene rings is 2. The number of fused-ring (bicyclic) bond motifs is 1. The van der Waals surface area contributed by atoms with Gasteiger partial charge in [0, 0.05) is 6.42 Å². The lowest BCUT2D eigenvalue weighted by atomic mass is 10.0. The van der Waals surface area contributed by atoms with Gasteiger partial charge in [0.2, 0.25) is 11.8 Å². The second kappa shape index (κ2) is 6.58. The zero-order valence-corrected chi connectivity index (χ0v) is 11.5. The maximum atomic E-state index is 12.0. The molecule has 0 spiro atoms. The molecular formula is C17H16N2O2. The molecule has 0 heterocycles. The van der Waals surface area contributed by atoms with Gasteiger partial charge < -0.3 is 11.1 Å². The van der Waals surface area contributed by atoms with E-state index >= 15 is 0 Å². The smallest absolute Gasteiger partial charge is 0.240 e. The van der Waals surface area contributed by atoms with Gasteiger partial charge in [-0.1, -0.05) is 42.5 Å². The van der Waals surface area contributed by atoms with Crippen molar-refractivity contribution in [3.63, 3.8) is 0 Å². The number of amides is 2. The van der Waals surface area contributed by atoms with Crippen LogP contribution in [-0.4, -0.2) is 17.9 Å². The van der Waals surface area contributed by atoms with Crippen LogP contribution in [0.4, 0.5) is 0 Å². The van der Waals surface area contributed by atoms with Crippen LogP contribution in [0.25, 0.3) is 10.8 Å². The van der Waals surface area contributed by atoms with E-state index in [4.69, 9.17) is 12.2 Å². The number of primary amides is 1. The summed E-state index contributed by atoms with van der Waals surface area (Å²) < 4.78 is 0. The number of nitrogens with one attached hydrogen (secondary N) is 1. The van der Waals surface area contributed by atoms with Gasteiger partial charge in [0.15, 0.2) is 0 Å². The molecule has 0 saturated carbocycles. The number of hydrogen-bond donors (Lipinski definition) is 2. The number of hydrogen-bond acceptors (Lipinski definition) is 2. The minimum atomic E-state index is -0.817. The first-order valence-electron chi connectivity index (χ1n) is 6.60. The highest BCUT2D eigenvalue weighted by atomic mass is 16.2. The normalized spacial score (nSPS) is 11.6. The molecule has 2 aromatic rings. The Labute approximate surface area is 123 Å². The van der Waals surface area contributed by atoms with Crippen LogP contribution in [0.3, 0.4) is 0 Å². The van der Waals surface area contributed by atoms with Gasteiger partial charge in [0.05, 0.1) is 6.42 Å². The molecule has 106 valence electrons. The third kappa shape index (κ3) is 3.83. The monoisotopic (exact) mass is 280 g/mol. The Morgan fingerprint density at radius 1 is 1.19 bits per heavy atom. The van der Waals surface area contributed by atoms with Crippen molar-refractivity contribution >= 4 is 22.6 Å². The van der Waals surface area contributed by atoms with Crippen molar-refractivity contribution in [2.24, 2.45) is 5.73 Å². The van der Waals surface area contributed by atoms with Crippen LogP contribution in [0.15, 0.2) is 42.5 Å². The zero-order chi connectivity index (χ0) is 15.2. The Kier molecular flexibility index (Phi) is 4.57. The molecule has 0 saturated heterocycles. The highest BCUT2D eigenvalue weighted by Gasteiger charge is 2.16. The van der Waals surface area contributed by atoms with Crippen molar-refractivity contribution in [2.75, 3.05) is 0 Å². The van der Waals surface area contributed by atoms with Crippen molar-refractivity contribution < 1.29 is 9.59 Å². The molecule has 0 unspecified atom stereocenters. The highest BCUT2D eigenvalue weighted by molar-refractivity contribution is 5.89. The van der Waals surface area contributed by atoms with Gasteiger partial charge in [-0.05, 0) is 16.3 Å². The quantitative estimate of drug-likeness (QED) is 0.812. The van der Waals surface area contributed by atoms with Crippen molar-refractivity contribution in [1.82, 2.24) is 5.32 Å². The van der Waals surface area contributed by atoms with Gasteiger partial charge in [0.1, 0.15) is 6.04 Å². The zero-order valence-electron chi connectivity index (χ0n) is 11.5. The van der Waals surface area contributed by atoms with Crippen molar-refractivity contribution in [1.29, 1.82) is 0 Å². The molecule has 0 aliphatic carbocycles. The second-order valence-corrected chi connectivity index (χ2v) is 4.79. The summed E-state index contributed by atoms with van der Waals surface area (Å²) in [7, 11) is 0. The van der Waals surface area contributed by atoms with Crippen molar-refractivity contribution in [3.8, 4) is 12.3 Å². The first-order valence-corrected chi connectivity index (χ1v) is 6.60. The maximum Gasteiger partial charge on any atom is 0.240 e. The lowest BCUT2D eigenvalue weighted by Crippen LogP contribution is -2.44. The van der Waals surface area contributed by atoms with Gasteiger partial charge >= 0.3 is 0 Å². The fraction of sp³-hybridized carbons (Fsp3) is 0.176. The number of nitrogens with two attached hydrogens (primary N) is 1. The fourth-order valence-corrected chi connectivity index (χ4v) is 2.12. The molecule has 0 fully saturated rings. The molecule has 0 radical (unpaired) electrons. The SMILES string of the molecule is C#CC[C@@H](NC(=O)Cc1ccc2ccccc2c1)C(N)=O. The molecule has 21 heavy (non-hydrogen) atoms. The van der Waals surface area contributed by atoms with E-state index in [0.29, 0.717) is 0 Å². The van der Waals surface area contributed by atoms with Crippen LogP contribution in [0.2, 0.25) is 0 Å². The Morgan fingerprint density at radius 3 is 2.57 bits per heavy atom. The minimum Gasteiger partial charge on any atom is -0.368 e. The van der Waals surface area contributed by atoms with Crippen LogP contribution in [0, 0.1) is 12.3 Å². The van der Waals surface area contributed by atoms with E-state index in [1.807, 2.05) is 42.5 Å². The van der Waals surface area contributed by atoms with Gasteiger partial charge in [-0.2, -0.15) is 0 Å².